The van der Waals surface area contributed by atoms with Crippen molar-refractivity contribution in [2.24, 2.45) is 0 Å². The molecule has 0 spiro atoms. The Hall–Kier alpha value is -3.73. The zero-order valence-corrected chi connectivity index (χ0v) is 16.1. The number of ether oxygens (including phenoxy) is 1. The van der Waals surface area contributed by atoms with Crippen molar-refractivity contribution in [3.05, 3.63) is 79.1 Å². The number of benzene rings is 2. The fourth-order valence-corrected chi connectivity index (χ4v) is 3.51. The molecule has 2 aromatic carbocycles. The number of fused-ring (bicyclic) bond motifs is 2. The van der Waals surface area contributed by atoms with Gasteiger partial charge < -0.3 is 4.74 Å². The molecule has 0 fully saturated rings. The Bertz CT molecular complexity index is 1290. The van der Waals surface area contributed by atoms with Gasteiger partial charge in [-0.3, -0.25) is 9.38 Å². The molecule has 142 valence electrons. The van der Waals surface area contributed by atoms with Crippen molar-refractivity contribution < 1.29 is 4.74 Å². The number of nitrogens with zero attached hydrogens (tertiary/aromatic N) is 4. The van der Waals surface area contributed by atoms with E-state index in [-0.39, 0.29) is 0 Å². The van der Waals surface area contributed by atoms with Gasteiger partial charge in [-0.15, -0.1) is 10.2 Å². The van der Waals surface area contributed by atoms with Crippen LogP contribution in [0.5, 0.6) is 5.75 Å². The Balaban J connectivity index is 1.53. The van der Waals surface area contributed by atoms with Crippen molar-refractivity contribution in [3.63, 3.8) is 0 Å². The van der Waals surface area contributed by atoms with Gasteiger partial charge in [0.1, 0.15) is 5.75 Å². The molecule has 5 heteroatoms. The van der Waals surface area contributed by atoms with Gasteiger partial charge in [0.25, 0.3) is 0 Å². The summed E-state index contributed by atoms with van der Waals surface area (Å²) >= 11 is 0. The zero-order valence-electron chi connectivity index (χ0n) is 16.1. The van der Waals surface area contributed by atoms with Crippen molar-refractivity contribution in [1.29, 1.82) is 0 Å². The quantitative estimate of drug-likeness (QED) is 0.410. The van der Waals surface area contributed by atoms with Crippen molar-refractivity contribution in [2.45, 2.75) is 13.3 Å². The van der Waals surface area contributed by atoms with Crippen LogP contribution in [0.2, 0.25) is 0 Å². The molecule has 0 aliphatic heterocycles. The van der Waals surface area contributed by atoms with Crippen LogP contribution in [0.15, 0.2) is 79.1 Å². The third-order valence-corrected chi connectivity index (χ3v) is 4.96. The molecule has 0 radical (unpaired) electrons. The molecule has 0 saturated heterocycles. The van der Waals surface area contributed by atoms with Crippen molar-refractivity contribution in [2.75, 3.05) is 6.61 Å². The lowest BCUT2D eigenvalue weighted by atomic mass is 10.1. The molecule has 0 unspecified atom stereocenters. The maximum atomic E-state index is 5.67. The molecule has 0 bridgehead atoms. The second-order valence-electron chi connectivity index (χ2n) is 6.92. The maximum absolute atomic E-state index is 5.67. The molecule has 5 nitrogen and oxygen atoms in total. The molecule has 3 heterocycles. The van der Waals surface area contributed by atoms with E-state index in [1.54, 1.807) is 0 Å². The highest BCUT2D eigenvalue weighted by molar-refractivity contribution is 5.92. The van der Waals surface area contributed by atoms with E-state index in [0.29, 0.717) is 0 Å². The number of rotatable bonds is 5. The van der Waals surface area contributed by atoms with E-state index in [9.17, 15) is 0 Å². The predicted molar refractivity (Wildman–Crippen MR) is 115 cm³/mol. The average Bonchev–Trinajstić information content (AvgIpc) is 3.21. The summed E-state index contributed by atoms with van der Waals surface area (Å²) in [5, 5.41) is 9.94. The first-order valence-electron chi connectivity index (χ1n) is 9.75. The van der Waals surface area contributed by atoms with Gasteiger partial charge in [0.05, 0.1) is 12.1 Å². The molecule has 0 amide bonds. The molecule has 29 heavy (non-hydrogen) atoms. The monoisotopic (exact) mass is 380 g/mol. The molecule has 0 aliphatic carbocycles. The summed E-state index contributed by atoms with van der Waals surface area (Å²) in [5.41, 5.74) is 5.00. The number of para-hydroxylation sites is 1. The van der Waals surface area contributed by atoms with Crippen molar-refractivity contribution in [1.82, 2.24) is 19.6 Å². The molecular formula is C24H20N4O. The van der Waals surface area contributed by atoms with E-state index in [0.717, 1.165) is 57.8 Å². The predicted octanol–water partition coefficient (Wildman–Crippen LogP) is 5.40. The molecular weight excluding hydrogens is 360 g/mol. The van der Waals surface area contributed by atoms with Gasteiger partial charge in [-0.05, 0) is 53.9 Å². The molecule has 0 atom stereocenters. The van der Waals surface area contributed by atoms with Gasteiger partial charge in [0.15, 0.2) is 11.5 Å². The van der Waals surface area contributed by atoms with Crippen LogP contribution in [-0.4, -0.2) is 26.2 Å². The minimum atomic E-state index is 0.734. The standard InChI is InChI=1S/C24H20N4O/c1-2-15-29-19-9-7-17(8-10-19)18-12-14-28-23(16-18)26-27-24(28)21-11-13-25-22-6-4-3-5-20(21)22/h3-14,16H,2,15H2,1H3. The summed E-state index contributed by atoms with van der Waals surface area (Å²) in [4.78, 5) is 4.44. The van der Waals surface area contributed by atoms with Crippen LogP contribution >= 0.6 is 0 Å². The number of hydrogen-bond acceptors (Lipinski definition) is 4. The van der Waals surface area contributed by atoms with E-state index in [2.05, 4.69) is 52.4 Å². The first kappa shape index (κ1) is 17.4. The molecule has 5 aromatic rings. The van der Waals surface area contributed by atoms with Crippen LogP contribution in [-0.2, 0) is 0 Å². The minimum Gasteiger partial charge on any atom is -0.494 e. The number of aromatic nitrogens is 4. The highest BCUT2D eigenvalue weighted by atomic mass is 16.5. The first-order chi connectivity index (χ1) is 14.3. The summed E-state index contributed by atoms with van der Waals surface area (Å²) in [5.74, 6) is 1.71. The summed E-state index contributed by atoms with van der Waals surface area (Å²) in [7, 11) is 0. The summed E-state index contributed by atoms with van der Waals surface area (Å²) in [6.45, 7) is 2.84. The molecule has 0 saturated carbocycles. The number of hydrogen-bond donors (Lipinski definition) is 0. The first-order valence-corrected chi connectivity index (χ1v) is 9.75. The SMILES string of the molecule is CCCOc1ccc(-c2ccn3c(-c4ccnc5ccccc45)nnc3c2)cc1. The largest absolute Gasteiger partial charge is 0.494 e. The van der Waals surface area contributed by atoms with E-state index >= 15 is 0 Å². The lowest BCUT2D eigenvalue weighted by Crippen LogP contribution is -1.94. The lowest BCUT2D eigenvalue weighted by Gasteiger charge is -2.07. The van der Waals surface area contributed by atoms with E-state index < -0.39 is 0 Å². The Morgan fingerprint density at radius 2 is 1.76 bits per heavy atom. The van der Waals surface area contributed by atoms with Crippen molar-refractivity contribution >= 4 is 16.6 Å². The van der Waals surface area contributed by atoms with Gasteiger partial charge in [-0.25, -0.2) is 0 Å². The van der Waals surface area contributed by atoms with Crippen LogP contribution < -0.4 is 4.74 Å². The van der Waals surface area contributed by atoms with Crippen LogP contribution in [0.3, 0.4) is 0 Å². The maximum Gasteiger partial charge on any atom is 0.169 e. The normalized spacial score (nSPS) is 11.2. The molecule has 0 N–H and O–H groups in total. The van der Waals surface area contributed by atoms with Gasteiger partial charge in [-0.2, -0.15) is 0 Å². The summed E-state index contributed by atoms with van der Waals surface area (Å²) in [6, 6.07) is 22.4. The third-order valence-electron chi connectivity index (χ3n) is 4.96. The van der Waals surface area contributed by atoms with Gasteiger partial charge in [0, 0.05) is 23.3 Å². The Morgan fingerprint density at radius 3 is 2.62 bits per heavy atom. The van der Waals surface area contributed by atoms with E-state index in [4.69, 9.17) is 4.74 Å². The Kier molecular flexibility index (Phi) is 4.41. The Morgan fingerprint density at radius 1 is 0.897 bits per heavy atom. The van der Waals surface area contributed by atoms with Crippen molar-refractivity contribution in [3.8, 4) is 28.3 Å². The van der Waals surface area contributed by atoms with Gasteiger partial charge in [0.2, 0.25) is 0 Å². The van der Waals surface area contributed by atoms with E-state index in [1.165, 1.54) is 0 Å². The smallest absolute Gasteiger partial charge is 0.169 e. The summed E-state index contributed by atoms with van der Waals surface area (Å²) < 4.78 is 7.69. The minimum absolute atomic E-state index is 0.734. The topological polar surface area (TPSA) is 52.3 Å². The number of pyridine rings is 2. The fourth-order valence-electron chi connectivity index (χ4n) is 3.51. The van der Waals surface area contributed by atoms with E-state index in [1.807, 2.05) is 53.2 Å². The Labute approximate surface area is 168 Å². The van der Waals surface area contributed by atoms with Crippen LogP contribution in [0, 0.1) is 0 Å². The average molecular weight is 380 g/mol. The molecule has 5 rings (SSSR count). The molecule has 3 aromatic heterocycles. The van der Waals surface area contributed by atoms with Gasteiger partial charge >= 0.3 is 0 Å². The van der Waals surface area contributed by atoms with Gasteiger partial charge in [-0.1, -0.05) is 37.3 Å². The zero-order chi connectivity index (χ0) is 19.6. The van der Waals surface area contributed by atoms with Crippen LogP contribution in [0.4, 0.5) is 0 Å². The van der Waals surface area contributed by atoms with Crippen LogP contribution in [0.1, 0.15) is 13.3 Å². The second kappa shape index (κ2) is 7.36. The summed E-state index contributed by atoms with van der Waals surface area (Å²) in [6.07, 6.45) is 4.84. The highest BCUT2D eigenvalue weighted by Gasteiger charge is 2.12. The molecule has 0 aliphatic rings. The fraction of sp³-hybridized carbons (Fsp3) is 0.125. The van der Waals surface area contributed by atoms with Crippen LogP contribution in [0.25, 0.3) is 39.1 Å². The highest BCUT2D eigenvalue weighted by Crippen LogP contribution is 2.28. The lowest BCUT2D eigenvalue weighted by molar-refractivity contribution is 0.317. The second-order valence-corrected chi connectivity index (χ2v) is 6.92. The third kappa shape index (κ3) is 3.21.